The van der Waals surface area contributed by atoms with Gasteiger partial charge in [-0.25, -0.2) is 0 Å². The molecule has 0 aromatic heterocycles. The summed E-state index contributed by atoms with van der Waals surface area (Å²) in [5, 5.41) is 4.34. The van der Waals surface area contributed by atoms with Crippen LogP contribution in [0.2, 0.25) is 5.02 Å². The van der Waals surface area contributed by atoms with E-state index in [2.05, 4.69) is 30.3 Å². The van der Waals surface area contributed by atoms with Crippen molar-refractivity contribution >= 4 is 23.0 Å². The molecule has 0 aliphatic carbocycles. The summed E-state index contributed by atoms with van der Waals surface area (Å²) in [6.07, 6.45) is 0. The molecule has 1 fully saturated rings. The molecule has 1 aromatic carbocycles. The van der Waals surface area contributed by atoms with Crippen molar-refractivity contribution in [2.75, 3.05) is 37.0 Å². The molecule has 92 valence electrons. The van der Waals surface area contributed by atoms with Crippen LogP contribution in [0.4, 0.5) is 11.4 Å². The van der Waals surface area contributed by atoms with Crippen LogP contribution in [0.15, 0.2) is 12.1 Å². The molecular weight excluding hydrogens is 236 g/mol. The topological polar surface area (TPSA) is 24.5 Å². The highest BCUT2D eigenvalue weighted by Gasteiger charge is 2.35. The summed E-state index contributed by atoms with van der Waals surface area (Å²) < 4.78 is 5.59. The first-order chi connectivity index (χ1) is 8.18. The van der Waals surface area contributed by atoms with Gasteiger partial charge in [-0.05, 0) is 24.6 Å². The fraction of sp³-hybridized carbons (Fsp3) is 0.538. The highest BCUT2D eigenvalue weighted by molar-refractivity contribution is 6.32. The van der Waals surface area contributed by atoms with Crippen LogP contribution < -0.4 is 10.2 Å². The Morgan fingerprint density at radius 3 is 3.06 bits per heavy atom. The maximum atomic E-state index is 6.22. The highest BCUT2D eigenvalue weighted by atomic mass is 35.5. The minimum absolute atomic E-state index is 0.459. The Kier molecular flexibility index (Phi) is 2.68. The van der Waals surface area contributed by atoms with E-state index in [9.17, 15) is 0 Å². The van der Waals surface area contributed by atoms with E-state index in [1.54, 1.807) is 0 Å². The van der Waals surface area contributed by atoms with Gasteiger partial charge < -0.3 is 15.0 Å². The number of ether oxygens (including phenoxy) is 1. The van der Waals surface area contributed by atoms with Crippen LogP contribution >= 0.6 is 11.6 Å². The van der Waals surface area contributed by atoms with Crippen molar-refractivity contribution in [3.05, 3.63) is 22.7 Å². The second kappa shape index (κ2) is 4.07. The zero-order valence-electron chi connectivity index (χ0n) is 10.2. The quantitative estimate of drug-likeness (QED) is 0.768. The summed E-state index contributed by atoms with van der Waals surface area (Å²) in [5.41, 5.74) is 3.55. The molecule has 0 spiro atoms. The molecule has 3 nitrogen and oxygen atoms in total. The van der Waals surface area contributed by atoms with Gasteiger partial charge >= 0.3 is 0 Å². The van der Waals surface area contributed by atoms with E-state index < -0.39 is 0 Å². The third-order valence-electron chi connectivity index (χ3n) is 3.93. The smallest absolute Gasteiger partial charge is 0.0674 e. The molecule has 4 heteroatoms. The number of halogens is 1. The predicted octanol–water partition coefficient (Wildman–Crippen LogP) is 2.53. The van der Waals surface area contributed by atoms with Crippen molar-refractivity contribution in [1.29, 1.82) is 0 Å². The highest BCUT2D eigenvalue weighted by Crippen LogP contribution is 2.39. The molecule has 0 bridgehead atoms. The van der Waals surface area contributed by atoms with Gasteiger partial charge in [-0.2, -0.15) is 0 Å². The van der Waals surface area contributed by atoms with Crippen molar-refractivity contribution in [1.82, 2.24) is 0 Å². The monoisotopic (exact) mass is 252 g/mol. The average Bonchev–Trinajstić information content (AvgIpc) is 2.73. The molecule has 17 heavy (non-hydrogen) atoms. The van der Waals surface area contributed by atoms with Gasteiger partial charge in [0.25, 0.3) is 0 Å². The SMILES string of the molecule is Cc1c(Cl)ccc2c1N(C)C1COCC1CN2. The molecule has 2 atom stereocenters. The lowest BCUT2D eigenvalue weighted by atomic mass is 10.0. The van der Waals surface area contributed by atoms with Gasteiger partial charge in [0.1, 0.15) is 0 Å². The first kappa shape index (κ1) is 11.2. The van der Waals surface area contributed by atoms with Crippen molar-refractivity contribution in [2.45, 2.75) is 13.0 Å². The number of hydrogen-bond acceptors (Lipinski definition) is 3. The molecule has 0 saturated carbocycles. The molecule has 0 amide bonds. The van der Waals surface area contributed by atoms with E-state index >= 15 is 0 Å². The minimum Gasteiger partial charge on any atom is -0.383 e. The molecule has 2 unspecified atom stereocenters. The fourth-order valence-electron chi connectivity index (χ4n) is 2.89. The number of nitrogens with zero attached hydrogens (tertiary/aromatic N) is 1. The third kappa shape index (κ3) is 1.69. The Morgan fingerprint density at radius 2 is 2.24 bits per heavy atom. The van der Waals surface area contributed by atoms with Crippen molar-refractivity contribution in [3.63, 3.8) is 0 Å². The molecule has 2 aliphatic rings. The van der Waals surface area contributed by atoms with Gasteiger partial charge in [-0.15, -0.1) is 0 Å². The Bertz CT molecular complexity index is 449. The van der Waals surface area contributed by atoms with Crippen LogP contribution in [0.5, 0.6) is 0 Å². The summed E-state index contributed by atoms with van der Waals surface area (Å²) in [4.78, 5) is 2.33. The zero-order chi connectivity index (χ0) is 12.0. The van der Waals surface area contributed by atoms with Gasteiger partial charge in [0.15, 0.2) is 0 Å². The van der Waals surface area contributed by atoms with E-state index in [-0.39, 0.29) is 0 Å². The lowest BCUT2D eigenvalue weighted by Crippen LogP contribution is -2.38. The molecule has 3 rings (SSSR count). The largest absolute Gasteiger partial charge is 0.383 e. The molecule has 2 heterocycles. The number of nitrogens with one attached hydrogen (secondary N) is 1. The van der Waals surface area contributed by atoms with Gasteiger partial charge in [-0.1, -0.05) is 11.6 Å². The van der Waals surface area contributed by atoms with Crippen LogP contribution in [0, 0.1) is 12.8 Å². The van der Waals surface area contributed by atoms with Gasteiger partial charge in [-0.3, -0.25) is 0 Å². The fourth-order valence-corrected chi connectivity index (χ4v) is 3.04. The molecular formula is C13H17ClN2O. The number of fused-ring (bicyclic) bond motifs is 2. The summed E-state index contributed by atoms with van der Waals surface area (Å²) in [7, 11) is 2.14. The second-order valence-corrected chi connectivity index (χ2v) is 5.33. The van der Waals surface area contributed by atoms with Crippen molar-refractivity contribution in [3.8, 4) is 0 Å². The average molecular weight is 253 g/mol. The van der Waals surface area contributed by atoms with Crippen molar-refractivity contribution in [2.24, 2.45) is 5.92 Å². The summed E-state index contributed by atoms with van der Waals surface area (Å²) in [6.45, 7) is 4.72. The van der Waals surface area contributed by atoms with Crippen molar-refractivity contribution < 1.29 is 4.74 Å². The summed E-state index contributed by atoms with van der Waals surface area (Å²) >= 11 is 6.22. The number of hydrogen-bond donors (Lipinski definition) is 1. The van der Waals surface area contributed by atoms with Gasteiger partial charge in [0.2, 0.25) is 0 Å². The first-order valence-corrected chi connectivity index (χ1v) is 6.40. The van der Waals surface area contributed by atoms with Crippen LogP contribution in [-0.4, -0.2) is 32.8 Å². The normalized spacial score (nSPS) is 27.1. The molecule has 2 aliphatic heterocycles. The van der Waals surface area contributed by atoms with Crippen LogP contribution in [0.1, 0.15) is 5.56 Å². The number of benzene rings is 1. The molecule has 0 radical (unpaired) electrons. The molecule has 1 aromatic rings. The predicted molar refractivity (Wildman–Crippen MR) is 71.2 cm³/mol. The van der Waals surface area contributed by atoms with Gasteiger partial charge in [0.05, 0.1) is 30.6 Å². The Labute approximate surface area is 107 Å². The standard InChI is InChI=1S/C13H17ClN2O/c1-8-10(14)3-4-11-13(8)16(2)12-7-17-6-9(12)5-15-11/h3-4,9,12,15H,5-7H2,1-2H3. The molecule has 1 saturated heterocycles. The molecule has 1 N–H and O–H groups in total. The number of rotatable bonds is 0. The Hall–Kier alpha value is -0.930. The minimum atomic E-state index is 0.459. The maximum absolute atomic E-state index is 6.22. The third-order valence-corrected chi connectivity index (χ3v) is 4.34. The second-order valence-electron chi connectivity index (χ2n) is 4.93. The van der Waals surface area contributed by atoms with E-state index in [0.29, 0.717) is 12.0 Å². The van der Waals surface area contributed by atoms with Gasteiger partial charge in [0, 0.05) is 24.5 Å². The van der Waals surface area contributed by atoms with Crippen LogP contribution in [0.3, 0.4) is 0 Å². The van der Waals surface area contributed by atoms with E-state index in [4.69, 9.17) is 16.3 Å². The first-order valence-electron chi connectivity index (χ1n) is 6.02. The number of likely N-dealkylation sites (N-methyl/N-ethyl adjacent to an activating group) is 1. The Balaban J connectivity index is 2.09. The van der Waals surface area contributed by atoms with E-state index in [1.807, 2.05) is 6.07 Å². The van der Waals surface area contributed by atoms with E-state index in [0.717, 1.165) is 30.3 Å². The maximum Gasteiger partial charge on any atom is 0.0674 e. The van der Waals surface area contributed by atoms with E-state index in [1.165, 1.54) is 11.4 Å². The van der Waals surface area contributed by atoms with Crippen LogP contribution in [-0.2, 0) is 4.74 Å². The lowest BCUT2D eigenvalue weighted by molar-refractivity contribution is 0.185. The Morgan fingerprint density at radius 1 is 1.41 bits per heavy atom. The number of anilines is 2. The van der Waals surface area contributed by atoms with Crippen LogP contribution in [0.25, 0.3) is 0 Å². The summed E-state index contributed by atoms with van der Waals surface area (Å²) in [5.74, 6) is 0.561. The lowest BCUT2D eigenvalue weighted by Gasteiger charge is -2.29. The zero-order valence-corrected chi connectivity index (χ0v) is 10.9. The summed E-state index contributed by atoms with van der Waals surface area (Å²) in [6, 6.07) is 4.50.